The number of halogens is 2. The molecule has 0 saturated carbocycles. The lowest BCUT2D eigenvalue weighted by Gasteiger charge is -2.04. The van der Waals surface area contributed by atoms with Gasteiger partial charge >= 0.3 is 0 Å². The second-order valence-electron chi connectivity index (χ2n) is 6.39. The summed E-state index contributed by atoms with van der Waals surface area (Å²) in [6, 6.07) is 13.9. The molecule has 0 unspecified atom stereocenters. The van der Waals surface area contributed by atoms with E-state index in [1.165, 1.54) is 6.07 Å². The number of nitrogens with zero attached hydrogens (tertiary/aromatic N) is 5. The van der Waals surface area contributed by atoms with E-state index in [0.29, 0.717) is 39.1 Å². The third-order valence-electron chi connectivity index (χ3n) is 4.63. The fourth-order valence-electron chi connectivity index (χ4n) is 3.29. The summed E-state index contributed by atoms with van der Waals surface area (Å²) in [4.78, 5) is 9.05. The van der Waals surface area contributed by atoms with Crippen molar-refractivity contribution in [1.82, 2.24) is 24.1 Å². The maximum atomic E-state index is 14.1. The van der Waals surface area contributed by atoms with E-state index in [1.54, 1.807) is 51.8 Å². The quantitative estimate of drug-likeness (QED) is 0.500. The molecule has 0 atom stereocenters. The molecule has 0 fully saturated rings. The molecule has 28 heavy (non-hydrogen) atoms. The van der Waals surface area contributed by atoms with Gasteiger partial charge in [-0.05, 0) is 30.3 Å². The van der Waals surface area contributed by atoms with Gasteiger partial charge in [0.1, 0.15) is 28.7 Å². The van der Waals surface area contributed by atoms with Crippen molar-refractivity contribution in [3.05, 3.63) is 77.3 Å². The van der Waals surface area contributed by atoms with Crippen LogP contribution in [-0.2, 0) is 6.54 Å². The van der Waals surface area contributed by atoms with Crippen molar-refractivity contribution in [3.63, 3.8) is 0 Å². The fraction of sp³-hybridized carbons (Fsp3) is 0.0500. The zero-order valence-electron chi connectivity index (χ0n) is 14.5. The molecule has 0 aliphatic rings. The summed E-state index contributed by atoms with van der Waals surface area (Å²) in [5.41, 5.74) is 9.28. The van der Waals surface area contributed by atoms with Gasteiger partial charge in [0.2, 0.25) is 0 Å². The van der Waals surface area contributed by atoms with Crippen molar-refractivity contribution in [2.75, 3.05) is 5.73 Å². The van der Waals surface area contributed by atoms with Crippen molar-refractivity contribution in [1.29, 1.82) is 0 Å². The summed E-state index contributed by atoms with van der Waals surface area (Å²) in [6.07, 6.45) is 3.39. The lowest BCUT2D eigenvalue weighted by atomic mass is 10.2. The van der Waals surface area contributed by atoms with Crippen molar-refractivity contribution < 1.29 is 4.39 Å². The molecule has 0 bridgehead atoms. The van der Waals surface area contributed by atoms with Crippen LogP contribution >= 0.6 is 11.6 Å². The SMILES string of the molecule is Nc1c(-c2nn(Cc3ccccc3F)c3ncccc23)nc2ccc(Cl)cn12. The summed E-state index contributed by atoms with van der Waals surface area (Å²) in [7, 11) is 0. The van der Waals surface area contributed by atoms with Crippen LogP contribution < -0.4 is 5.73 Å². The molecule has 0 saturated heterocycles. The molecular weight excluding hydrogens is 379 g/mol. The highest BCUT2D eigenvalue weighted by Crippen LogP contribution is 2.32. The van der Waals surface area contributed by atoms with Crippen LogP contribution in [0.3, 0.4) is 0 Å². The van der Waals surface area contributed by atoms with Gasteiger partial charge in [-0.1, -0.05) is 29.8 Å². The van der Waals surface area contributed by atoms with Gasteiger partial charge in [0.25, 0.3) is 0 Å². The highest BCUT2D eigenvalue weighted by molar-refractivity contribution is 6.30. The Hall–Kier alpha value is -3.45. The first-order chi connectivity index (χ1) is 13.6. The van der Waals surface area contributed by atoms with Crippen LogP contribution in [0.4, 0.5) is 10.2 Å². The normalized spacial score (nSPS) is 11.5. The fourth-order valence-corrected chi connectivity index (χ4v) is 3.45. The maximum Gasteiger partial charge on any atom is 0.158 e. The van der Waals surface area contributed by atoms with Gasteiger partial charge in [-0.15, -0.1) is 0 Å². The van der Waals surface area contributed by atoms with Gasteiger partial charge in [0.05, 0.1) is 11.6 Å². The van der Waals surface area contributed by atoms with Crippen LogP contribution in [0.2, 0.25) is 5.02 Å². The summed E-state index contributed by atoms with van der Waals surface area (Å²) in [5.74, 6) is 0.143. The number of fused-ring (bicyclic) bond motifs is 2. The third kappa shape index (κ3) is 2.59. The lowest BCUT2D eigenvalue weighted by Crippen LogP contribution is -2.04. The van der Waals surface area contributed by atoms with E-state index in [0.717, 1.165) is 5.39 Å². The molecular formula is C20H14ClFN6. The average molecular weight is 393 g/mol. The van der Waals surface area contributed by atoms with E-state index >= 15 is 0 Å². The molecule has 0 spiro atoms. The largest absolute Gasteiger partial charge is 0.383 e. The highest BCUT2D eigenvalue weighted by atomic mass is 35.5. The first-order valence-electron chi connectivity index (χ1n) is 8.60. The molecule has 6 nitrogen and oxygen atoms in total. The van der Waals surface area contributed by atoms with Crippen molar-refractivity contribution in [3.8, 4) is 11.4 Å². The maximum absolute atomic E-state index is 14.1. The number of aromatic nitrogens is 5. The van der Waals surface area contributed by atoms with E-state index in [4.69, 9.17) is 17.3 Å². The van der Waals surface area contributed by atoms with Crippen molar-refractivity contribution in [2.24, 2.45) is 0 Å². The molecule has 0 aliphatic heterocycles. The van der Waals surface area contributed by atoms with Crippen LogP contribution in [0.15, 0.2) is 60.9 Å². The average Bonchev–Trinajstić information content (AvgIpc) is 3.22. The van der Waals surface area contributed by atoms with Crippen molar-refractivity contribution >= 4 is 34.1 Å². The zero-order valence-corrected chi connectivity index (χ0v) is 15.3. The number of benzene rings is 1. The Balaban J connectivity index is 1.71. The Morgan fingerprint density at radius 3 is 2.75 bits per heavy atom. The Kier molecular flexibility index (Phi) is 3.77. The van der Waals surface area contributed by atoms with Gasteiger partial charge in [0, 0.05) is 23.3 Å². The van der Waals surface area contributed by atoms with Gasteiger partial charge in [-0.3, -0.25) is 4.40 Å². The van der Waals surface area contributed by atoms with Gasteiger partial charge in [-0.25, -0.2) is 19.0 Å². The second-order valence-corrected chi connectivity index (χ2v) is 6.83. The molecule has 2 N–H and O–H groups in total. The predicted molar refractivity (Wildman–Crippen MR) is 107 cm³/mol. The molecule has 5 aromatic rings. The Labute approximate surface area is 164 Å². The van der Waals surface area contributed by atoms with E-state index in [-0.39, 0.29) is 12.4 Å². The monoisotopic (exact) mass is 392 g/mol. The minimum atomic E-state index is -0.287. The van der Waals surface area contributed by atoms with Crippen LogP contribution in [-0.4, -0.2) is 24.1 Å². The van der Waals surface area contributed by atoms with Gasteiger partial charge in [0.15, 0.2) is 5.65 Å². The summed E-state index contributed by atoms with van der Waals surface area (Å²) >= 11 is 6.08. The molecule has 0 aliphatic carbocycles. The first kappa shape index (κ1) is 16.7. The Morgan fingerprint density at radius 1 is 1.04 bits per heavy atom. The van der Waals surface area contributed by atoms with Gasteiger partial charge < -0.3 is 5.73 Å². The lowest BCUT2D eigenvalue weighted by molar-refractivity contribution is 0.589. The van der Waals surface area contributed by atoms with Crippen LogP contribution in [0.1, 0.15) is 5.56 Å². The Morgan fingerprint density at radius 2 is 1.89 bits per heavy atom. The second kappa shape index (κ2) is 6.31. The van der Waals surface area contributed by atoms with Gasteiger partial charge in [-0.2, -0.15) is 5.10 Å². The molecule has 1 aromatic carbocycles. The zero-order chi connectivity index (χ0) is 19.3. The van der Waals surface area contributed by atoms with Crippen LogP contribution in [0.5, 0.6) is 0 Å². The minimum Gasteiger partial charge on any atom is -0.383 e. The molecule has 8 heteroatoms. The summed E-state index contributed by atoms with van der Waals surface area (Å²) < 4.78 is 17.5. The standard InChI is InChI=1S/C20H14ClFN6/c21-13-7-8-16-25-18(19(23)27(16)11-13)17-14-5-3-9-24-20(14)28(26-17)10-12-4-1-2-6-15(12)22/h1-9,11H,10,23H2. The molecule has 138 valence electrons. The number of anilines is 1. The number of hydrogen-bond acceptors (Lipinski definition) is 4. The minimum absolute atomic E-state index is 0.249. The number of nitrogens with two attached hydrogens (primary N) is 1. The summed E-state index contributed by atoms with van der Waals surface area (Å²) in [5, 5.41) is 6.02. The highest BCUT2D eigenvalue weighted by Gasteiger charge is 2.20. The van der Waals surface area contributed by atoms with Crippen LogP contribution in [0, 0.1) is 5.82 Å². The van der Waals surface area contributed by atoms with E-state index in [1.807, 2.05) is 12.1 Å². The smallest absolute Gasteiger partial charge is 0.158 e. The number of pyridine rings is 2. The Bertz CT molecular complexity index is 1340. The number of nitrogen functional groups attached to an aromatic ring is 1. The third-order valence-corrected chi connectivity index (χ3v) is 4.85. The predicted octanol–water partition coefficient (Wildman–Crippen LogP) is 4.17. The molecule has 4 aromatic heterocycles. The van der Waals surface area contributed by atoms with Crippen LogP contribution in [0.25, 0.3) is 28.1 Å². The molecule has 4 heterocycles. The first-order valence-corrected chi connectivity index (χ1v) is 8.98. The summed E-state index contributed by atoms with van der Waals surface area (Å²) in [6.45, 7) is 0.249. The molecule has 0 amide bonds. The molecule has 5 rings (SSSR count). The number of rotatable bonds is 3. The van der Waals surface area contributed by atoms with E-state index < -0.39 is 0 Å². The molecule has 0 radical (unpaired) electrons. The van der Waals surface area contributed by atoms with E-state index in [2.05, 4.69) is 15.1 Å². The van der Waals surface area contributed by atoms with E-state index in [9.17, 15) is 4.39 Å². The number of imidazole rings is 1. The topological polar surface area (TPSA) is 74.0 Å². The van der Waals surface area contributed by atoms with Crippen molar-refractivity contribution in [2.45, 2.75) is 6.54 Å². The number of hydrogen-bond donors (Lipinski definition) is 1.